The normalized spacial score (nSPS) is 29.7. The Labute approximate surface area is 157 Å². The maximum absolute atomic E-state index is 11.8. The van der Waals surface area contributed by atoms with Gasteiger partial charge in [-0.25, -0.2) is 0 Å². The number of fused-ring (bicyclic) bond motifs is 1. The fourth-order valence-electron chi connectivity index (χ4n) is 3.52. The summed E-state index contributed by atoms with van der Waals surface area (Å²) in [4.78, 5) is 11.8. The Kier molecular flexibility index (Phi) is 8.80. The van der Waals surface area contributed by atoms with Crippen LogP contribution in [0.25, 0.3) is 0 Å². The number of ether oxygens (including phenoxy) is 4. The molecule has 0 aromatic rings. The molecular weight excluding hydrogens is 336 g/mol. The predicted molar refractivity (Wildman–Crippen MR) is 97.5 cm³/mol. The SMILES string of the molecule is CCCCCCCCCCCC(=O)OC[C@H]1O[C@@H]2OC(C)(C)O[C@@H]2[C@H]1O. The highest BCUT2D eigenvalue weighted by Crippen LogP contribution is 2.37. The first-order valence-electron chi connectivity index (χ1n) is 10.3. The molecule has 0 saturated carbocycles. The smallest absolute Gasteiger partial charge is 0.305 e. The van der Waals surface area contributed by atoms with Gasteiger partial charge in [-0.2, -0.15) is 0 Å². The van der Waals surface area contributed by atoms with Crippen molar-refractivity contribution in [1.29, 1.82) is 0 Å². The zero-order valence-electron chi connectivity index (χ0n) is 16.6. The van der Waals surface area contributed by atoms with Crippen LogP contribution in [-0.2, 0) is 23.7 Å². The topological polar surface area (TPSA) is 74.2 Å². The Hall–Kier alpha value is -0.690. The summed E-state index contributed by atoms with van der Waals surface area (Å²) in [5.74, 6) is -0.989. The first kappa shape index (κ1) is 21.6. The Bertz CT molecular complexity index is 425. The molecule has 2 saturated heterocycles. The van der Waals surface area contributed by atoms with Crippen molar-refractivity contribution >= 4 is 5.97 Å². The van der Waals surface area contributed by atoms with Crippen LogP contribution in [0, 0.1) is 0 Å². The molecule has 2 rings (SSSR count). The lowest BCUT2D eigenvalue weighted by atomic mass is 10.1. The number of aliphatic hydroxyl groups is 1. The third-order valence-electron chi connectivity index (χ3n) is 5.01. The van der Waals surface area contributed by atoms with Crippen molar-refractivity contribution in [3.63, 3.8) is 0 Å². The lowest BCUT2D eigenvalue weighted by Crippen LogP contribution is -2.37. The van der Waals surface area contributed by atoms with Crippen molar-refractivity contribution < 1.29 is 28.8 Å². The van der Waals surface area contributed by atoms with Gasteiger partial charge in [0.25, 0.3) is 0 Å². The number of esters is 1. The van der Waals surface area contributed by atoms with Gasteiger partial charge in [0.1, 0.15) is 24.9 Å². The molecule has 0 aliphatic carbocycles. The number of carbonyl (C=O) groups is 1. The molecule has 0 aromatic heterocycles. The Morgan fingerprint density at radius 2 is 1.62 bits per heavy atom. The largest absolute Gasteiger partial charge is 0.463 e. The molecule has 0 amide bonds. The second-order valence-corrected chi connectivity index (χ2v) is 7.90. The molecule has 6 nitrogen and oxygen atoms in total. The van der Waals surface area contributed by atoms with Crippen molar-refractivity contribution in [1.82, 2.24) is 0 Å². The van der Waals surface area contributed by atoms with E-state index in [-0.39, 0.29) is 12.6 Å². The van der Waals surface area contributed by atoms with Crippen LogP contribution in [0.2, 0.25) is 0 Å². The molecule has 0 radical (unpaired) electrons. The zero-order valence-corrected chi connectivity index (χ0v) is 16.6. The van der Waals surface area contributed by atoms with Crippen molar-refractivity contribution in [2.75, 3.05) is 6.61 Å². The molecule has 2 aliphatic rings. The minimum atomic E-state index is -0.845. The molecule has 26 heavy (non-hydrogen) atoms. The first-order chi connectivity index (χ1) is 12.4. The van der Waals surface area contributed by atoms with Gasteiger partial charge in [0.05, 0.1) is 0 Å². The van der Waals surface area contributed by atoms with Crippen molar-refractivity contribution in [3.8, 4) is 0 Å². The summed E-state index contributed by atoms with van der Waals surface area (Å²) in [6.07, 6.45) is 8.79. The fourth-order valence-corrected chi connectivity index (χ4v) is 3.52. The van der Waals surface area contributed by atoms with E-state index >= 15 is 0 Å². The highest BCUT2D eigenvalue weighted by atomic mass is 16.8. The van der Waals surface area contributed by atoms with Crippen LogP contribution in [0.5, 0.6) is 0 Å². The standard InChI is InChI=1S/C20H36O6/c1-4-5-6-7-8-9-10-11-12-13-16(21)23-14-15-17(22)18-19(24-15)26-20(2,3)25-18/h15,17-19,22H,4-14H2,1-3H3/t15-,17+,18-,19-/m1/s1. The summed E-state index contributed by atoms with van der Waals surface area (Å²) in [5, 5.41) is 10.2. The Balaban J connectivity index is 1.48. The summed E-state index contributed by atoms with van der Waals surface area (Å²) in [6, 6.07) is 0. The summed E-state index contributed by atoms with van der Waals surface area (Å²) in [7, 11) is 0. The van der Waals surface area contributed by atoms with E-state index in [0.29, 0.717) is 6.42 Å². The first-order valence-corrected chi connectivity index (χ1v) is 10.3. The van der Waals surface area contributed by atoms with Crippen LogP contribution < -0.4 is 0 Å². The van der Waals surface area contributed by atoms with Crippen molar-refractivity contribution in [2.24, 2.45) is 0 Å². The minimum absolute atomic E-state index is 0.0393. The Morgan fingerprint density at radius 3 is 2.23 bits per heavy atom. The van der Waals surface area contributed by atoms with Gasteiger partial charge in [0.15, 0.2) is 12.1 Å². The van der Waals surface area contributed by atoms with Gasteiger partial charge in [0, 0.05) is 6.42 Å². The van der Waals surface area contributed by atoms with E-state index in [9.17, 15) is 9.90 Å². The van der Waals surface area contributed by atoms with Gasteiger partial charge in [-0.05, 0) is 20.3 Å². The van der Waals surface area contributed by atoms with E-state index in [1.807, 2.05) is 0 Å². The molecule has 2 heterocycles. The van der Waals surface area contributed by atoms with Gasteiger partial charge in [0.2, 0.25) is 0 Å². The number of hydrogen-bond acceptors (Lipinski definition) is 6. The number of unbranched alkanes of at least 4 members (excludes halogenated alkanes) is 8. The van der Waals surface area contributed by atoms with Gasteiger partial charge in [-0.1, -0.05) is 58.3 Å². The molecule has 6 heteroatoms. The van der Waals surface area contributed by atoms with E-state index in [1.54, 1.807) is 13.8 Å². The van der Waals surface area contributed by atoms with Crippen molar-refractivity contribution in [2.45, 2.75) is 115 Å². The number of carbonyl (C=O) groups excluding carboxylic acids is 1. The molecule has 0 bridgehead atoms. The van der Waals surface area contributed by atoms with E-state index in [1.165, 1.54) is 44.9 Å². The van der Waals surface area contributed by atoms with E-state index in [4.69, 9.17) is 18.9 Å². The average Bonchev–Trinajstić information content (AvgIpc) is 3.04. The number of aliphatic hydroxyl groups excluding tert-OH is 1. The van der Waals surface area contributed by atoms with Crippen LogP contribution >= 0.6 is 0 Å². The van der Waals surface area contributed by atoms with Crippen LogP contribution in [0.4, 0.5) is 0 Å². The van der Waals surface area contributed by atoms with Crippen LogP contribution in [0.1, 0.15) is 85.0 Å². The van der Waals surface area contributed by atoms with Gasteiger partial charge in [-0.15, -0.1) is 0 Å². The molecule has 0 aromatic carbocycles. The van der Waals surface area contributed by atoms with Gasteiger partial charge in [-0.3, -0.25) is 4.79 Å². The highest BCUT2D eigenvalue weighted by molar-refractivity contribution is 5.69. The lowest BCUT2D eigenvalue weighted by Gasteiger charge is -2.22. The van der Waals surface area contributed by atoms with Crippen LogP contribution in [0.15, 0.2) is 0 Å². The molecular formula is C20H36O6. The van der Waals surface area contributed by atoms with Crippen molar-refractivity contribution in [3.05, 3.63) is 0 Å². The number of rotatable bonds is 12. The monoisotopic (exact) mass is 372 g/mol. The fraction of sp³-hybridized carbons (Fsp3) is 0.950. The summed E-state index contributed by atoms with van der Waals surface area (Å²) in [5.41, 5.74) is 0. The maximum atomic E-state index is 11.8. The molecule has 4 atom stereocenters. The molecule has 1 N–H and O–H groups in total. The molecule has 0 spiro atoms. The van der Waals surface area contributed by atoms with E-state index < -0.39 is 30.4 Å². The predicted octanol–water partition coefficient (Wildman–Crippen LogP) is 3.69. The summed E-state index contributed by atoms with van der Waals surface area (Å²) < 4.78 is 22.0. The van der Waals surface area contributed by atoms with Crippen LogP contribution in [-0.4, -0.2) is 48.1 Å². The van der Waals surface area contributed by atoms with Crippen LogP contribution in [0.3, 0.4) is 0 Å². The minimum Gasteiger partial charge on any atom is -0.463 e. The third-order valence-corrected chi connectivity index (χ3v) is 5.01. The molecule has 2 fully saturated rings. The maximum Gasteiger partial charge on any atom is 0.305 e. The summed E-state index contributed by atoms with van der Waals surface area (Å²) >= 11 is 0. The Morgan fingerprint density at radius 1 is 1.00 bits per heavy atom. The zero-order chi connectivity index (χ0) is 19.0. The third kappa shape index (κ3) is 6.80. The lowest BCUT2D eigenvalue weighted by molar-refractivity contribution is -0.220. The average molecular weight is 373 g/mol. The van der Waals surface area contributed by atoms with E-state index in [2.05, 4.69) is 6.92 Å². The second kappa shape index (κ2) is 10.6. The molecule has 0 unspecified atom stereocenters. The summed E-state index contributed by atoms with van der Waals surface area (Å²) in [6.45, 7) is 5.83. The second-order valence-electron chi connectivity index (χ2n) is 7.90. The molecule has 152 valence electrons. The molecule has 2 aliphatic heterocycles. The van der Waals surface area contributed by atoms with Gasteiger partial charge < -0.3 is 24.1 Å². The quantitative estimate of drug-likeness (QED) is 0.416. The van der Waals surface area contributed by atoms with E-state index in [0.717, 1.165) is 12.8 Å². The number of hydrogen-bond donors (Lipinski definition) is 1. The van der Waals surface area contributed by atoms with Gasteiger partial charge >= 0.3 is 5.97 Å². The highest BCUT2D eigenvalue weighted by Gasteiger charge is 2.54.